The van der Waals surface area contributed by atoms with Crippen molar-refractivity contribution in [3.63, 3.8) is 0 Å². The van der Waals surface area contributed by atoms with E-state index in [1.54, 1.807) is 0 Å². The lowest BCUT2D eigenvalue weighted by molar-refractivity contribution is 0.300. The number of halogens is 2. The molecule has 1 aromatic carbocycles. The lowest BCUT2D eigenvalue weighted by Gasteiger charge is -2.26. The minimum atomic E-state index is 0.813. The van der Waals surface area contributed by atoms with Crippen LogP contribution in [0.3, 0.4) is 0 Å². The largest absolute Gasteiger partial charge is 0.384 e. The Balaban J connectivity index is 1.92. The van der Waals surface area contributed by atoms with E-state index in [1.807, 2.05) is 13.0 Å². The van der Waals surface area contributed by atoms with Crippen molar-refractivity contribution >= 4 is 33.2 Å². The molecule has 0 radical (unpaired) electrons. The Morgan fingerprint density at radius 3 is 2.61 bits per heavy atom. The lowest BCUT2D eigenvalue weighted by atomic mass is 9.83. The summed E-state index contributed by atoms with van der Waals surface area (Å²) in [4.78, 5) is 0. The minimum Gasteiger partial charge on any atom is -0.384 e. The van der Waals surface area contributed by atoms with Crippen LogP contribution in [0.5, 0.6) is 0 Å². The molecule has 1 saturated carbocycles. The molecule has 0 bridgehead atoms. The third-order valence-electron chi connectivity index (χ3n) is 3.96. The van der Waals surface area contributed by atoms with Gasteiger partial charge in [-0.15, -0.1) is 0 Å². The summed E-state index contributed by atoms with van der Waals surface area (Å²) in [5, 5.41) is 4.37. The van der Waals surface area contributed by atoms with Crippen molar-refractivity contribution in [2.24, 2.45) is 11.8 Å². The molecule has 1 aliphatic rings. The van der Waals surface area contributed by atoms with E-state index in [0.29, 0.717) is 0 Å². The zero-order chi connectivity index (χ0) is 13.1. The molecule has 2 rings (SSSR count). The highest BCUT2D eigenvalue weighted by atomic mass is 79.9. The van der Waals surface area contributed by atoms with Crippen LogP contribution in [-0.4, -0.2) is 6.54 Å². The Morgan fingerprint density at radius 1 is 1.28 bits per heavy atom. The molecule has 0 saturated heterocycles. The van der Waals surface area contributed by atoms with Crippen molar-refractivity contribution in [3.8, 4) is 0 Å². The Bertz CT molecular complexity index is 411. The van der Waals surface area contributed by atoms with E-state index < -0.39 is 0 Å². The second-order valence-electron chi connectivity index (χ2n) is 5.59. The highest BCUT2D eigenvalue weighted by molar-refractivity contribution is 9.10. The van der Waals surface area contributed by atoms with E-state index in [2.05, 4.69) is 34.2 Å². The van der Waals surface area contributed by atoms with Crippen LogP contribution in [-0.2, 0) is 0 Å². The summed E-state index contributed by atoms with van der Waals surface area (Å²) in [6, 6.07) is 4.10. The molecule has 0 aliphatic heterocycles. The Labute approximate surface area is 123 Å². The van der Waals surface area contributed by atoms with Crippen LogP contribution in [0.4, 0.5) is 5.69 Å². The van der Waals surface area contributed by atoms with E-state index in [4.69, 9.17) is 11.6 Å². The van der Waals surface area contributed by atoms with E-state index in [0.717, 1.165) is 39.1 Å². The molecule has 0 spiro atoms. The van der Waals surface area contributed by atoms with Gasteiger partial charge in [0.1, 0.15) is 0 Å². The summed E-state index contributed by atoms with van der Waals surface area (Å²) in [7, 11) is 0. The molecule has 1 N–H and O–H groups in total. The molecule has 0 atom stereocenters. The van der Waals surface area contributed by atoms with Gasteiger partial charge in [0.2, 0.25) is 0 Å². The second kappa shape index (κ2) is 6.29. The van der Waals surface area contributed by atoms with E-state index in [-0.39, 0.29) is 0 Å². The van der Waals surface area contributed by atoms with Gasteiger partial charge in [-0.05, 0) is 65.2 Å². The van der Waals surface area contributed by atoms with Gasteiger partial charge in [-0.1, -0.05) is 31.4 Å². The van der Waals surface area contributed by atoms with Crippen LogP contribution < -0.4 is 5.32 Å². The molecule has 1 aliphatic carbocycles. The monoisotopic (exact) mass is 329 g/mol. The van der Waals surface area contributed by atoms with Gasteiger partial charge in [0.25, 0.3) is 0 Å². The van der Waals surface area contributed by atoms with Gasteiger partial charge in [-0.25, -0.2) is 0 Å². The highest BCUT2D eigenvalue weighted by Crippen LogP contribution is 2.31. The van der Waals surface area contributed by atoms with Gasteiger partial charge in [0.05, 0.1) is 0 Å². The van der Waals surface area contributed by atoms with Gasteiger partial charge in [0, 0.05) is 21.7 Å². The maximum absolute atomic E-state index is 6.17. The third kappa shape index (κ3) is 3.64. The molecule has 0 unspecified atom stereocenters. The first-order valence-electron chi connectivity index (χ1n) is 6.75. The van der Waals surface area contributed by atoms with Gasteiger partial charge in [-0.3, -0.25) is 0 Å². The molecule has 1 fully saturated rings. The fraction of sp³-hybridized carbons (Fsp3) is 0.600. The summed E-state index contributed by atoms with van der Waals surface area (Å²) in [6.45, 7) is 5.45. The quantitative estimate of drug-likeness (QED) is 0.755. The minimum absolute atomic E-state index is 0.813. The van der Waals surface area contributed by atoms with Gasteiger partial charge >= 0.3 is 0 Å². The summed E-state index contributed by atoms with van der Waals surface area (Å²) in [5.41, 5.74) is 2.23. The maximum Gasteiger partial charge on any atom is 0.0499 e. The zero-order valence-corrected chi connectivity index (χ0v) is 13.4. The smallest absolute Gasteiger partial charge is 0.0499 e. The van der Waals surface area contributed by atoms with Crippen molar-refractivity contribution in [2.45, 2.75) is 39.5 Å². The van der Waals surface area contributed by atoms with Crippen LogP contribution >= 0.6 is 27.5 Å². The molecular weight excluding hydrogens is 310 g/mol. The predicted molar refractivity (Wildman–Crippen MR) is 83.5 cm³/mol. The first-order chi connectivity index (χ1) is 8.56. The molecule has 1 nitrogen and oxygen atoms in total. The molecule has 100 valence electrons. The molecule has 0 aromatic heterocycles. The average Bonchev–Trinajstić information content (AvgIpc) is 2.34. The molecule has 3 heteroatoms. The van der Waals surface area contributed by atoms with E-state index in [1.165, 1.54) is 25.7 Å². The van der Waals surface area contributed by atoms with Crippen molar-refractivity contribution in [3.05, 3.63) is 27.2 Å². The Morgan fingerprint density at radius 2 is 1.94 bits per heavy atom. The van der Waals surface area contributed by atoms with Crippen LogP contribution in [0.25, 0.3) is 0 Å². The topological polar surface area (TPSA) is 12.0 Å². The van der Waals surface area contributed by atoms with E-state index >= 15 is 0 Å². The summed E-state index contributed by atoms with van der Waals surface area (Å²) in [5.74, 6) is 1.73. The number of nitrogens with one attached hydrogen (secondary N) is 1. The number of hydrogen-bond donors (Lipinski definition) is 1. The molecule has 18 heavy (non-hydrogen) atoms. The average molecular weight is 331 g/mol. The molecule has 0 heterocycles. The maximum atomic E-state index is 6.17. The number of benzene rings is 1. The standard InChI is InChI=1S/C15H21BrClN/c1-10-3-5-12(6-4-10)9-18-15-8-14(17)11(2)7-13(15)16/h7-8,10,12,18H,3-6,9H2,1-2H3. The number of aryl methyl sites for hydroxylation is 1. The van der Waals surface area contributed by atoms with Crippen LogP contribution in [0.2, 0.25) is 5.02 Å². The van der Waals surface area contributed by atoms with Crippen molar-refractivity contribution in [1.82, 2.24) is 0 Å². The molecular formula is C15H21BrClN. The first kappa shape index (κ1) is 14.2. The summed E-state index contributed by atoms with van der Waals surface area (Å²) < 4.78 is 1.11. The van der Waals surface area contributed by atoms with Crippen LogP contribution in [0.1, 0.15) is 38.2 Å². The van der Waals surface area contributed by atoms with Crippen molar-refractivity contribution in [1.29, 1.82) is 0 Å². The van der Waals surface area contributed by atoms with Crippen LogP contribution in [0, 0.1) is 18.8 Å². The van der Waals surface area contributed by atoms with Gasteiger partial charge in [0.15, 0.2) is 0 Å². The van der Waals surface area contributed by atoms with E-state index in [9.17, 15) is 0 Å². The van der Waals surface area contributed by atoms with Crippen LogP contribution in [0.15, 0.2) is 16.6 Å². The van der Waals surface area contributed by atoms with Crippen molar-refractivity contribution in [2.75, 3.05) is 11.9 Å². The normalized spacial score (nSPS) is 24.0. The summed E-state index contributed by atoms with van der Waals surface area (Å²) in [6.07, 6.45) is 5.46. The molecule has 1 aromatic rings. The molecule has 0 amide bonds. The van der Waals surface area contributed by atoms with Gasteiger partial charge in [-0.2, -0.15) is 0 Å². The van der Waals surface area contributed by atoms with Crippen molar-refractivity contribution < 1.29 is 0 Å². The third-order valence-corrected chi connectivity index (χ3v) is 5.03. The second-order valence-corrected chi connectivity index (χ2v) is 6.85. The zero-order valence-electron chi connectivity index (χ0n) is 11.1. The number of hydrogen-bond acceptors (Lipinski definition) is 1. The fourth-order valence-corrected chi connectivity index (χ4v) is 3.33. The lowest BCUT2D eigenvalue weighted by Crippen LogP contribution is -2.20. The van der Waals surface area contributed by atoms with Gasteiger partial charge < -0.3 is 5.32 Å². The summed E-state index contributed by atoms with van der Waals surface area (Å²) >= 11 is 9.76. The highest BCUT2D eigenvalue weighted by Gasteiger charge is 2.18. The first-order valence-corrected chi connectivity index (χ1v) is 7.93. The Kier molecular flexibility index (Phi) is 4.97. The Hall–Kier alpha value is -0.210. The SMILES string of the molecule is Cc1cc(Br)c(NCC2CCC(C)CC2)cc1Cl. The fourth-order valence-electron chi connectivity index (χ4n) is 2.57. The number of rotatable bonds is 3. The number of anilines is 1. The predicted octanol–water partition coefficient (Wildman–Crippen LogP) is 5.65.